The second-order valence-corrected chi connectivity index (χ2v) is 8.32. The lowest BCUT2D eigenvalue weighted by Gasteiger charge is -2.23. The van der Waals surface area contributed by atoms with Crippen LogP contribution < -0.4 is 0 Å². The minimum atomic E-state index is -0.831. The first-order valence-corrected chi connectivity index (χ1v) is 10.9. The van der Waals surface area contributed by atoms with Gasteiger partial charge in [0.1, 0.15) is 12.8 Å². The average Bonchev–Trinajstić information content (AvgIpc) is 3.24. The fraction of sp³-hybridized carbons (Fsp3) is 0.480. The molecule has 4 heteroatoms. The summed E-state index contributed by atoms with van der Waals surface area (Å²) >= 11 is 0. The summed E-state index contributed by atoms with van der Waals surface area (Å²) in [6, 6.07) is 16.8. The minimum Gasteiger partial charge on any atom is -0.464 e. The molecule has 0 N–H and O–H groups in total. The van der Waals surface area contributed by atoms with E-state index in [4.69, 9.17) is 4.74 Å². The molecular formula is C25H30FNO2. The third-order valence-corrected chi connectivity index (χ3v) is 6.32. The Hall–Kier alpha value is -2.20. The summed E-state index contributed by atoms with van der Waals surface area (Å²) in [4.78, 5) is 14.6. The van der Waals surface area contributed by atoms with Crippen molar-refractivity contribution in [2.24, 2.45) is 0 Å². The lowest BCUT2D eigenvalue weighted by atomic mass is 9.98. The molecule has 1 aliphatic carbocycles. The summed E-state index contributed by atoms with van der Waals surface area (Å²) in [6.07, 6.45) is 4.08. The molecule has 0 saturated carbocycles. The van der Waals surface area contributed by atoms with Crippen molar-refractivity contribution in [1.29, 1.82) is 0 Å². The van der Waals surface area contributed by atoms with E-state index in [0.29, 0.717) is 19.6 Å². The van der Waals surface area contributed by atoms with Crippen molar-refractivity contribution < 1.29 is 13.9 Å². The Morgan fingerprint density at radius 1 is 1.07 bits per heavy atom. The predicted molar refractivity (Wildman–Crippen MR) is 114 cm³/mol. The van der Waals surface area contributed by atoms with Crippen molar-refractivity contribution >= 4 is 5.97 Å². The standard InChI is InChI=1S/C25H30FNO2/c1-2-3-4-9-19-14-18(26)15-27(19)16-25(28)29-17-24-22-12-7-5-10-20(22)21-11-6-8-13-23(21)24/h5-8,10-13,18-19,24H,2-4,9,14-17H2,1H3. The van der Waals surface area contributed by atoms with E-state index in [2.05, 4.69) is 31.2 Å². The molecule has 1 heterocycles. The van der Waals surface area contributed by atoms with Crippen LogP contribution in [0.15, 0.2) is 48.5 Å². The highest BCUT2D eigenvalue weighted by Gasteiger charge is 2.34. The van der Waals surface area contributed by atoms with Crippen LogP contribution in [0.4, 0.5) is 4.39 Å². The summed E-state index contributed by atoms with van der Waals surface area (Å²) in [6.45, 7) is 3.04. The number of hydrogen-bond donors (Lipinski definition) is 0. The van der Waals surface area contributed by atoms with Crippen LogP contribution in [0.1, 0.15) is 56.1 Å². The van der Waals surface area contributed by atoms with Gasteiger partial charge >= 0.3 is 5.97 Å². The first kappa shape index (κ1) is 20.1. The molecule has 1 saturated heterocycles. The van der Waals surface area contributed by atoms with E-state index >= 15 is 0 Å². The van der Waals surface area contributed by atoms with Gasteiger partial charge in [0.05, 0.1) is 6.54 Å². The first-order valence-electron chi connectivity index (χ1n) is 10.9. The quantitative estimate of drug-likeness (QED) is 0.447. The number of carbonyl (C=O) groups is 1. The molecule has 0 amide bonds. The number of alkyl halides is 1. The van der Waals surface area contributed by atoms with Crippen molar-refractivity contribution in [3.63, 3.8) is 0 Å². The molecule has 154 valence electrons. The van der Waals surface area contributed by atoms with Gasteiger partial charge in [0.15, 0.2) is 0 Å². The van der Waals surface area contributed by atoms with Gasteiger partial charge in [0, 0.05) is 18.5 Å². The molecular weight excluding hydrogens is 365 g/mol. The summed E-state index contributed by atoms with van der Waals surface area (Å²) < 4.78 is 19.7. The van der Waals surface area contributed by atoms with Crippen LogP contribution in [0.2, 0.25) is 0 Å². The minimum absolute atomic E-state index is 0.0687. The zero-order valence-electron chi connectivity index (χ0n) is 17.1. The van der Waals surface area contributed by atoms with Crippen LogP contribution in [0, 0.1) is 0 Å². The molecule has 0 aromatic heterocycles. The Balaban J connectivity index is 1.37. The number of esters is 1. The Morgan fingerprint density at radius 3 is 2.38 bits per heavy atom. The molecule has 2 unspecified atom stereocenters. The molecule has 29 heavy (non-hydrogen) atoms. The number of unbranched alkanes of at least 4 members (excludes halogenated alkanes) is 2. The number of nitrogens with zero attached hydrogens (tertiary/aromatic N) is 1. The highest BCUT2D eigenvalue weighted by molar-refractivity contribution is 5.79. The lowest BCUT2D eigenvalue weighted by Crippen LogP contribution is -2.35. The van der Waals surface area contributed by atoms with Gasteiger partial charge in [-0.2, -0.15) is 0 Å². The van der Waals surface area contributed by atoms with Gasteiger partial charge in [0.2, 0.25) is 0 Å². The number of likely N-dealkylation sites (tertiary alicyclic amines) is 1. The number of ether oxygens (including phenoxy) is 1. The first-order chi connectivity index (χ1) is 14.2. The van der Waals surface area contributed by atoms with Gasteiger partial charge in [-0.3, -0.25) is 9.69 Å². The molecule has 4 rings (SSSR count). The molecule has 1 fully saturated rings. The maximum Gasteiger partial charge on any atom is 0.320 e. The summed E-state index contributed by atoms with van der Waals surface area (Å²) in [5.41, 5.74) is 4.87. The van der Waals surface area contributed by atoms with Gasteiger partial charge in [0.25, 0.3) is 0 Å². The second kappa shape index (κ2) is 9.08. The van der Waals surface area contributed by atoms with Crippen LogP contribution in [0.3, 0.4) is 0 Å². The second-order valence-electron chi connectivity index (χ2n) is 8.32. The topological polar surface area (TPSA) is 29.5 Å². The van der Waals surface area contributed by atoms with Crippen molar-refractivity contribution in [3.05, 3.63) is 59.7 Å². The van der Waals surface area contributed by atoms with Crippen LogP contribution >= 0.6 is 0 Å². The predicted octanol–water partition coefficient (Wildman–Crippen LogP) is 5.33. The Labute approximate surface area is 172 Å². The van der Waals surface area contributed by atoms with Gasteiger partial charge in [-0.1, -0.05) is 74.7 Å². The summed E-state index contributed by atoms with van der Waals surface area (Å²) in [7, 11) is 0. The van der Waals surface area contributed by atoms with E-state index in [1.165, 1.54) is 22.3 Å². The Kier molecular flexibility index (Phi) is 6.29. The van der Waals surface area contributed by atoms with Crippen molar-refractivity contribution in [1.82, 2.24) is 4.90 Å². The van der Waals surface area contributed by atoms with Crippen LogP contribution in [-0.2, 0) is 9.53 Å². The van der Waals surface area contributed by atoms with Crippen LogP contribution in [0.5, 0.6) is 0 Å². The molecule has 2 aromatic carbocycles. The fourth-order valence-electron chi connectivity index (χ4n) is 4.87. The Morgan fingerprint density at radius 2 is 1.72 bits per heavy atom. The third kappa shape index (κ3) is 4.37. The SMILES string of the molecule is CCCCCC1CC(F)CN1CC(=O)OCC1c2ccccc2-c2ccccc21. The number of fused-ring (bicyclic) bond motifs is 3. The average molecular weight is 396 g/mol. The van der Waals surface area contributed by atoms with E-state index < -0.39 is 6.17 Å². The summed E-state index contributed by atoms with van der Waals surface area (Å²) in [5, 5.41) is 0. The van der Waals surface area contributed by atoms with Crippen molar-refractivity contribution in [2.45, 2.75) is 57.2 Å². The molecule has 1 aliphatic heterocycles. The van der Waals surface area contributed by atoms with Crippen molar-refractivity contribution in [3.8, 4) is 11.1 Å². The van der Waals surface area contributed by atoms with Gasteiger partial charge in [-0.05, 0) is 35.1 Å². The maximum atomic E-state index is 14.0. The summed E-state index contributed by atoms with van der Waals surface area (Å²) in [5.74, 6) is -0.180. The molecule has 0 bridgehead atoms. The van der Waals surface area contributed by atoms with E-state index in [1.54, 1.807) is 0 Å². The van der Waals surface area contributed by atoms with E-state index in [-0.39, 0.29) is 24.5 Å². The zero-order valence-corrected chi connectivity index (χ0v) is 17.1. The lowest BCUT2D eigenvalue weighted by molar-refractivity contribution is -0.145. The van der Waals surface area contributed by atoms with E-state index in [1.807, 2.05) is 29.2 Å². The smallest absolute Gasteiger partial charge is 0.320 e. The molecule has 2 atom stereocenters. The normalized spacial score (nSPS) is 21.2. The van der Waals surface area contributed by atoms with Crippen LogP contribution in [-0.4, -0.2) is 42.8 Å². The van der Waals surface area contributed by atoms with E-state index in [9.17, 15) is 9.18 Å². The number of rotatable bonds is 8. The van der Waals surface area contributed by atoms with Crippen molar-refractivity contribution in [2.75, 3.05) is 19.7 Å². The van der Waals surface area contributed by atoms with Gasteiger partial charge < -0.3 is 4.74 Å². The molecule has 3 nitrogen and oxygen atoms in total. The van der Waals surface area contributed by atoms with E-state index in [0.717, 1.165) is 25.7 Å². The highest BCUT2D eigenvalue weighted by atomic mass is 19.1. The molecule has 2 aromatic rings. The number of carbonyl (C=O) groups excluding carboxylic acids is 1. The Bertz CT molecular complexity index is 807. The maximum absolute atomic E-state index is 14.0. The highest BCUT2D eigenvalue weighted by Crippen LogP contribution is 2.44. The third-order valence-electron chi connectivity index (χ3n) is 6.32. The largest absolute Gasteiger partial charge is 0.464 e. The van der Waals surface area contributed by atoms with Gasteiger partial charge in [-0.15, -0.1) is 0 Å². The number of benzene rings is 2. The fourth-order valence-corrected chi connectivity index (χ4v) is 4.87. The molecule has 0 radical (unpaired) electrons. The number of hydrogen-bond acceptors (Lipinski definition) is 3. The molecule has 0 spiro atoms. The zero-order chi connectivity index (χ0) is 20.2. The monoisotopic (exact) mass is 395 g/mol. The molecule has 2 aliphatic rings. The van der Waals surface area contributed by atoms with Gasteiger partial charge in [-0.25, -0.2) is 4.39 Å². The van der Waals surface area contributed by atoms with Crippen LogP contribution in [0.25, 0.3) is 11.1 Å². The number of halogens is 1.